The smallest absolute Gasteiger partial charge is 0.335 e. The predicted octanol–water partition coefficient (Wildman–Crippen LogP) is 5.43. The number of amides is 1. The summed E-state index contributed by atoms with van der Waals surface area (Å²) < 4.78 is 11.4. The van der Waals surface area contributed by atoms with Gasteiger partial charge < -0.3 is 25.2 Å². The normalized spacial score (nSPS) is 11.2. The first-order chi connectivity index (χ1) is 18.1. The van der Waals surface area contributed by atoms with Crippen LogP contribution in [0.2, 0.25) is 0 Å². The van der Waals surface area contributed by atoms with E-state index in [-0.39, 0.29) is 23.6 Å². The van der Waals surface area contributed by atoms with Gasteiger partial charge in [-0.1, -0.05) is 18.2 Å². The number of hydrogen-bond acceptors (Lipinski definition) is 7. The highest BCUT2D eigenvalue weighted by Crippen LogP contribution is 2.31. The third kappa shape index (κ3) is 6.76. The van der Waals surface area contributed by atoms with E-state index in [9.17, 15) is 14.7 Å². The number of carboxylic acid groups (broad SMARTS) is 1. The summed E-state index contributed by atoms with van der Waals surface area (Å²) >= 11 is 0. The number of benzene rings is 3. The van der Waals surface area contributed by atoms with Gasteiger partial charge in [0.2, 0.25) is 0 Å². The van der Waals surface area contributed by atoms with Crippen LogP contribution in [-0.4, -0.2) is 45.7 Å². The van der Waals surface area contributed by atoms with Gasteiger partial charge in [-0.05, 0) is 76.2 Å². The molecule has 0 unspecified atom stereocenters. The molecule has 0 atom stereocenters. The lowest BCUT2D eigenvalue weighted by Crippen LogP contribution is -2.43. The number of anilines is 2. The second-order valence-electron chi connectivity index (χ2n) is 9.63. The molecule has 9 nitrogen and oxygen atoms in total. The number of aromatic carboxylic acids is 1. The molecule has 0 saturated heterocycles. The molecular formula is C29H30N4O5. The van der Waals surface area contributed by atoms with Crippen molar-refractivity contribution in [2.45, 2.75) is 33.2 Å². The molecule has 1 amide bonds. The van der Waals surface area contributed by atoms with Crippen LogP contribution in [0, 0.1) is 0 Å². The second-order valence-corrected chi connectivity index (χ2v) is 9.63. The van der Waals surface area contributed by atoms with E-state index in [1.807, 2.05) is 58.0 Å². The Morgan fingerprint density at radius 2 is 1.68 bits per heavy atom. The Kier molecular flexibility index (Phi) is 7.76. The van der Waals surface area contributed by atoms with Gasteiger partial charge in [0.25, 0.3) is 5.91 Å². The molecule has 1 aromatic heterocycles. The van der Waals surface area contributed by atoms with Crippen LogP contribution in [-0.2, 0) is 4.79 Å². The van der Waals surface area contributed by atoms with Gasteiger partial charge in [0.05, 0.1) is 17.7 Å². The standard InChI is InChI=1S/C29H30N4O5/c1-5-37-22-12-13-24-23(16-22)27(30-20-10-6-9-19(14-20)28(35)36)32-26(31-24)18-8-7-11-21(15-18)38-17-25(34)33-29(2,3)4/h6-16H,5,17H2,1-4H3,(H,33,34)(H,35,36)(H,30,31,32). The number of carbonyl (C=O) groups is 2. The van der Waals surface area contributed by atoms with E-state index in [1.54, 1.807) is 30.3 Å². The minimum absolute atomic E-state index is 0.119. The van der Waals surface area contributed by atoms with Crippen LogP contribution in [0.1, 0.15) is 38.1 Å². The third-order valence-corrected chi connectivity index (χ3v) is 5.33. The van der Waals surface area contributed by atoms with Crippen molar-refractivity contribution in [3.63, 3.8) is 0 Å². The predicted molar refractivity (Wildman–Crippen MR) is 146 cm³/mol. The van der Waals surface area contributed by atoms with Crippen LogP contribution in [0.5, 0.6) is 11.5 Å². The second kappa shape index (κ2) is 11.2. The third-order valence-electron chi connectivity index (χ3n) is 5.33. The Morgan fingerprint density at radius 1 is 0.921 bits per heavy atom. The average molecular weight is 515 g/mol. The van der Waals surface area contributed by atoms with Crippen molar-refractivity contribution in [1.82, 2.24) is 15.3 Å². The number of ether oxygens (including phenoxy) is 2. The minimum Gasteiger partial charge on any atom is -0.494 e. The van der Waals surface area contributed by atoms with Crippen LogP contribution in [0.25, 0.3) is 22.3 Å². The molecule has 0 spiro atoms. The summed E-state index contributed by atoms with van der Waals surface area (Å²) in [4.78, 5) is 33.1. The Bertz CT molecular complexity index is 1480. The lowest BCUT2D eigenvalue weighted by atomic mass is 10.1. The Morgan fingerprint density at radius 3 is 2.42 bits per heavy atom. The summed E-state index contributed by atoms with van der Waals surface area (Å²) in [7, 11) is 0. The maximum atomic E-state index is 12.2. The first kappa shape index (κ1) is 26.4. The summed E-state index contributed by atoms with van der Waals surface area (Å²) in [6, 6.07) is 19.2. The Hall–Kier alpha value is -4.66. The fourth-order valence-electron chi connectivity index (χ4n) is 3.78. The van der Waals surface area contributed by atoms with E-state index >= 15 is 0 Å². The lowest BCUT2D eigenvalue weighted by molar-refractivity contribution is -0.124. The molecule has 196 valence electrons. The van der Waals surface area contributed by atoms with Crippen molar-refractivity contribution >= 4 is 34.3 Å². The molecule has 3 N–H and O–H groups in total. The van der Waals surface area contributed by atoms with Gasteiger partial charge in [0.15, 0.2) is 12.4 Å². The van der Waals surface area contributed by atoms with Gasteiger partial charge >= 0.3 is 5.97 Å². The van der Waals surface area contributed by atoms with Crippen molar-refractivity contribution in [2.75, 3.05) is 18.5 Å². The molecule has 3 aromatic carbocycles. The monoisotopic (exact) mass is 514 g/mol. The number of carboxylic acids is 1. The van der Waals surface area contributed by atoms with Gasteiger partial charge in [-0.25, -0.2) is 14.8 Å². The number of rotatable bonds is 9. The highest BCUT2D eigenvalue weighted by Gasteiger charge is 2.15. The number of nitrogens with zero attached hydrogens (tertiary/aromatic N) is 2. The van der Waals surface area contributed by atoms with E-state index < -0.39 is 5.97 Å². The van der Waals surface area contributed by atoms with Crippen LogP contribution in [0.15, 0.2) is 66.7 Å². The summed E-state index contributed by atoms with van der Waals surface area (Å²) in [5.74, 6) is 0.861. The number of aromatic nitrogens is 2. The minimum atomic E-state index is -1.02. The quantitative estimate of drug-likeness (QED) is 0.270. The molecule has 0 bridgehead atoms. The highest BCUT2D eigenvalue weighted by molar-refractivity contribution is 5.94. The molecule has 0 radical (unpaired) electrons. The summed E-state index contributed by atoms with van der Waals surface area (Å²) in [6.45, 7) is 8.01. The topological polar surface area (TPSA) is 123 Å². The van der Waals surface area contributed by atoms with Crippen molar-refractivity contribution in [3.05, 3.63) is 72.3 Å². The van der Waals surface area contributed by atoms with Gasteiger partial charge in [-0.2, -0.15) is 0 Å². The zero-order chi connectivity index (χ0) is 27.3. The molecule has 9 heteroatoms. The van der Waals surface area contributed by atoms with Crippen molar-refractivity contribution < 1.29 is 24.2 Å². The van der Waals surface area contributed by atoms with Gasteiger partial charge in [0, 0.05) is 22.2 Å². The van der Waals surface area contributed by atoms with E-state index in [4.69, 9.17) is 19.4 Å². The zero-order valence-electron chi connectivity index (χ0n) is 21.7. The van der Waals surface area contributed by atoms with Gasteiger partial charge in [-0.15, -0.1) is 0 Å². The van der Waals surface area contributed by atoms with Crippen LogP contribution < -0.4 is 20.1 Å². The van der Waals surface area contributed by atoms with E-state index in [1.165, 1.54) is 6.07 Å². The molecule has 38 heavy (non-hydrogen) atoms. The first-order valence-corrected chi connectivity index (χ1v) is 12.2. The van der Waals surface area contributed by atoms with Crippen LogP contribution in [0.3, 0.4) is 0 Å². The maximum Gasteiger partial charge on any atom is 0.335 e. The molecule has 4 rings (SSSR count). The highest BCUT2D eigenvalue weighted by atomic mass is 16.5. The van der Waals surface area contributed by atoms with Crippen LogP contribution >= 0.6 is 0 Å². The molecule has 0 aliphatic rings. The fraction of sp³-hybridized carbons (Fsp3) is 0.241. The molecule has 0 aliphatic carbocycles. The molecule has 1 heterocycles. The van der Waals surface area contributed by atoms with E-state index in [0.717, 1.165) is 0 Å². The average Bonchev–Trinajstić information content (AvgIpc) is 2.87. The van der Waals surface area contributed by atoms with Crippen molar-refractivity contribution in [3.8, 4) is 22.9 Å². The number of carbonyl (C=O) groups excluding carboxylic acids is 1. The number of nitrogens with one attached hydrogen (secondary N) is 2. The fourth-order valence-corrected chi connectivity index (χ4v) is 3.78. The van der Waals surface area contributed by atoms with Gasteiger partial charge in [0.1, 0.15) is 17.3 Å². The first-order valence-electron chi connectivity index (χ1n) is 12.2. The van der Waals surface area contributed by atoms with E-state index in [2.05, 4.69) is 10.6 Å². The largest absolute Gasteiger partial charge is 0.494 e. The molecule has 0 fully saturated rings. The Labute approximate surface area is 220 Å². The number of fused-ring (bicyclic) bond motifs is 1. The van der Waals surface area contributed by atoms with Crippen LogP contribution in [0.4, 0.5) is 11.5 Å². The van der Waals surface area contributed by atoms with Crippen molar-refractivity contribution in [1.29, 1.82) is 0 Å². The molecule has 0 saturated carbocycles. The zero-order valence-corrected chi connectivity index (χ0v) is 21.7. The SMILES string of the molecule is CCOc1ccc2nc(-c3cccc(OCC(=O)NC(C)(C)C)c3)nc(Nc3cccc(C(=O)O)c3)c2c1. The van der Waals surface area contributed by atoms with Gasteiger partial charge in [-0.3, -0.25) is 4.79 Å². The summed E-state index contributed by atoms with van der Waals surface area (Å²) in [5, 5.41) is 16.2. The summed E-state index contributed by atoms with van der Waals surface area (Å²) in [6.07, 6.45) is 0. The molecule has 4 aromatic rings. The molecule has 0 aliphatic heterocycles. The number of hydrogen-bond donors (Lipinski definition) is 3. The lowest BCUT2D eigenvalue weighted by Gasteiger charge is -2.20. The summed E-state index contributed by atoms with van der Waals surface area (Å²) in [5.41, 5.74) is 1.74. The maximum absolute atomic E-state index is 12.2. The Balaban J connectivity index is 1.70. The van der Waals surface area contributed by atoms with E-state index in [0.29, 0.717) is 51.9 Å². The molecular weight excluding hydrogens is 484 g/mol. The van der Waals surface area contributed by atoms with Crippen molar-refractivity contribution in [2.24, 2.45) is 0 Å².